The Morgan fingerprint density at radius 2 is 2.22 bits per heavy atom. The van der Waals surface area contributed by atoms with Crippen LogP contribution in [-0.4, -0.2) is 35.6 Å². The largest absolute Gasteiger partial charge is 0.497 e. The van der Waals surface area contributed by atoms with Crippen LogP contribution in [0, 0.1) is 0 Å². The summed E-state index contributed by atoms with van der Waals surface area (Å²) in [6.45, 7) is 6.68. The Hall–Kier alpha value is -0.870. The summed E-state index contributed by atoms with van der Waals surface area (Å²) in [5, 5.41) is 0.693. The van der Waals surface area contributed by atoms with Gasteiger partial charge in [0, 0.05) is 41.9 Å². The van der Waals surface area contributed by atoms with Crippen LogP contribution in [-0.2, 0) is 6.54 Å². The molecule has 1 aromatic carbocycles. The summed E-state index contributed by atoms with van der Waals surface area (Å²) in [7, 11) is 1.67. The predicted molar refractivity (Wildman–Crippen MR) is 79.2 cm³/mol. The molecule has 1 aliphatic rings. The first-order valence-corrected chi connectivity index (χ1v) is 7.44. The molecule has 0 saturated carbocycles. The zero-order chi connectivity index (χ0) is 13.1. The molecule has 3 nitrogen and oxygen atoms in total. The Labute approximate surface area is 114 Å². The lowest BCUT2D eigenvalue weighted by atomic mass is 10.1. The molecule has 0 bridgehead atoms. The van der Waals surface area contributed by atoms with Crippen LogP contribution in [0.2, 0.25) is 0 Å². The lowest BCUT2D eigenvalue weighted by Crippen LogP contribution is -2.44. The fourth-order valence-electron chi connectivity index (χ4n) is 2.28. The number of nitrogens with zero attached hydrogens (tertiary/aromatic N) is 1. The molecular weight excluding hydrogens is 244 g/mol. The van der Waals surface area contributed by atoms with Gasteiger partial charge < -0.3 is 10.5 Å². The van der Waals surface area contributed by atoms with Crippen LogP contribution in [0.3, 0.4) is 0 Å². The average molecular weight is 266 g/mol. The normalized spacial score (nSPS) is 25.1. The molecule has 1 saturated heterocycles. The number of nitrogens with two attached hydrogens (primary N) is 1. The zero-order valence-corrected chi connectivity index (χ0v) is 12.2. The summed E-state index contributed by atoms with van der Waals surface area (Å²) >= 11 is 2.06. The number of benzene rings is 1. The van der Waals surface area contributed by atoms with Gasteiger partial charge in [0.2, 0.25) is 0 Å². The van der Waals surface area contributed by atoms with Gasteiger partial charge in [-0.3, -0.25) is 4.90 Å². The maximum Gasteiger partial charge on any atom is 0.120 e. The van der Waals surface area contributed by atoms with Crippen molar-refractivity contribution >= 4 is 17.4 Å². The molecule has 0 radical (unpaired) electrons. The van der Waals surface area contributed by atoms with E-state index in [0.29, 0.717) is 11.3 Å². The highest BCUT2D eigenvalue weighted by molar-refractivity contribution is 8.00. The van der Waals surface area contributed by atoms with Crippen LogP contribution in [0.4, 0.5) is 5.69 Å². The lowest BCUT2D eigenvalue weighted by molar-refractivity contribution is 0.205. The van der Waals surface area contributed by atoms with Gasteiger partial charge in [-0.1, -0.05) is 13.0 Å². The van der Waals surface area contributed by atoms with Crippen molar-refractivity contribution in [3.8, 4) is 5.75 Å². The Morgan fingerprint density at radius 3 is 2.89 bits per heavy atom. The van der Waals surface area contributed by atoms with Gasteiger partial charge in [0.05, 0.1) is 7.11 Å². The van der Waals surface area contributed by atoms with Crippen LogP contribution in [0.15, 0.2) is 18.2 Å². The molecule has 2 N–H and O–H groups in total. The third kappa shape index (κ3) is 2.93. The number of ether oxygens (including phenoxy) is 1. The van der Waals surface area contributed by atoms with Crippen molar-refractivity contribution in [2.24, 2.45) is 0 Å². The van der Waals surface area contributed by atoms with Crippen LogP contribution in [0.5, 0.6) is 5.75 Å². The molecule has 1 fully saturated rings. The smallest absolute Gasteiger partial charge is 0.120 e. The molecule has 2 rings (SSSR count). The summed E-state index contributed by atoms with van der Waals surface area (Å²) < 4.78 is 5.18. The van der Waals surface area contributed by atoms with Crippen molar-refractivity contribution < 1.29 is 4.74 Å². The fourth-order valence-corrected chi connectivity index (χ4v) is 3.44. The van der Waals surface area contributed by atoms with Gasteiger partial charge in [-0.25, -0.2) is 0 Å². The van der Waals surface area contributed by atoms with Gasteiger partial charge in [-0.2, -0.15) is 11.8 Å². The molecule has 1 heterocycles. The lowest BCUT2D eigenvalue weighted by Gasteiger charge is -2.37. The van der Waals surface area contributed by atoms with E-state index in [1.54, 1.807) is 7.11 Å². The topological polar surface area (TPSA) is 38.5 Å². The molecule has 0 aliphatic carbocycles. The number of anilines is 1. The highest BCUT2D eigenvalue weighted by Crippen LogP contribution is 2.27. The summed E-state index contributed by atoms with van der Waals surface area (Å²) in [5.74, 6) is 2.04. The highest BCUT2D eigenvalue weighted by Gasteiger charge is 2.25. The highest BCUT2D eigenvalue weighted by atomic mass is 32.2. The first-order chi connectivity index (χ1) is 8.61. The number of rotatable bonds is 3. The molecule has 18 heavy (non-hydrogen) atoms. The van der Waals surface area contributed by atoms with Gasteiger partial charge in [0.1, 0.15) is 5.75 Å². The number of nitrogen functional groups attached to an aromatic ring is 1. The minimum atomic E-state index is 0.602. The monoisotopic (exact) mass is 266 g/mol. The first-order valence-electron chi connectivity index (χ1n) is 6.40. The quantitative estimate of drug-likeness (QED) is 0.854. The van der Waals surface area contributed by atoms with E-state index in [4.69, 9.17) is 10.5 Å². The van der Waals surface area contributed by atoms with Crippen LogP contribution < -0.4 is 10.5 Å². The molecule has 4 heteroatoms. The minimum absolute atomic E-state index is 0.602. The van der Waals surface area contributed by atoms with Crippen LogP contribution in [0.25, 0.3) is 0 Å². The average Bonchev–Trinajstić information content (AvgIpc) is 2.37. The fraction of sp³-hybridized carbons (Fsp3) is 0.571. The maximum absolute atomic E-state index is 6.08. The van der Waals surface area contributed by atoms with Gasteiger partial charge in [-0.15, -0.1) is 0 Å². The summed E-state index contributed by atoms with van der Waals surface area (Å²) in [5.41, 5.74) is 8.10. The molecule has 0 aromatic heterocycles. The van der Waals surface area contributed by atoms with Crippen molar-refractivity contribution in [2.45, 2.75) is 31.7 Å². The Kier molecular flexibility index (Phi) is 4.40. The molecule has 0 spiro atoms. The van der Waals surface area contributed by atoms with E-state index < -0.39 is 0 Å². The second kappa shape index (κ2) is 5.85. The molecular formula is C14H22N2OS. The zero-order valence-electron chi connectivity index (χ0n) is 11.3. The van der Waals surface area contributed by atoms with Gasteiger partial charge in [0.25, 0.3) is 0 Å². The first kappa shape index (κ1) is 13.6. The standard InChI is InChI=1S/C14H22N2OS/c1-10-11(2)18-7-6-16(10)9-12-4-5-13(17-3)8-14(12)15/h4-5,8,10-11H,6-7,9,15H2,1-3H3. The second-order valence-corrected chi connectivity index (χ2v) is 6.34. The number of hydrogen-bond acceptors (Lipinski definition) is 4. The van der Waals surface area contributed by atoms with Crippen LogP contribution in [0.1, 0.15) is 19.4 Å². The SMILES string of the molecule is COc1ccc(CN2CCSC(C)C2C)c(N)c1. The molecule has 100 valence electrons. The van der Waals surface area contributed by atoms with E-state index >= 15 is 0 Å². The molecule has 2 atom stereocenters. The minimum Gasteiger partial charge on any atom is -0.497 e. The summed E-state index contributed by atoms with van der Waals surface area (Å²) in [6, 6.07) is 6.57. The van der Waals surface area contributed by atoms with Crippen molar-refractivity contribution in [1.82, 2.24) is 4.90 Å². The number of methoxy groups -OCH3 is 1. The third-order valence-corrected chi connectivity index (χ3v) is 5.08. The third-order valence-electron chi connectivity index (χ3n) is 3.74. The van der Waals surface area contributed by atoms with Crippen molar-refractivity contribution in [2.75, 3.05) is 25.1 Å². The molecule has 2 unspecified atom stereocenters. The van der Waals surface area contributed by atoms with Crippen molar-refractivity contribution in [1.29, 1.82) is 0 Å². The van der Waals surface area contributed by atoms with E-state index in [9.17, 15) is 0 Å². The second-order valence-electron chi connectivity index (χ2n) is 4.85. The van der Waals surface area contributed by atoms with Crippen LogP contribution >= 0.6 is 11.8 Å². The Balaban J connectivity index is 2.09. The van der Waals surface area contributed by atoms with E-state index in [1.165, 1.54) is 11.3 Å². The molecule has 1 aliphatic heterocycles. The number of thioether (sulfide) groups is 1. The summed E-state index contributed by atoms with van der Waals surface area (Å²) in [4.78, 5) is 2.51. The molecule has 1 aromatic rings. The summed E-state index contributed by atoms with van der Waals surface area (Å²) in [6.07, 6.45) is 0. The predicted octanol–water partition coefficient (Wildman–Crippen LogP) is 2.60. The van der Waals surface area contributed by atoms with E-state index in [2.05, 4.69) is 36.6 Å². The van der Waals surface area contributed by atoms with Gasteiger partial charge in [0.15, 0.2) is 0 Å². The Bertz CT molecular complexity index is 411. The van der Waals surface area contributed by atoms with E-state index in [1.807, 2.05) is 12.1 Å². The maximum atomic E-state index is 6.08. The van der Waals surface area contributed by atoms with E-state index in [-0.39, 0.29) is 0 Å². The molecule has 0 amide bonds. The van der Waals surface area contributed by atoms with Crippen molar-refractivity contribution in [3.05, 3.63) is 23.8 Å². The Morgan fingerprint density at radius 1 is 1.44 bits per heavy atom. The number of hydrogen-bond donors (Lipinski definition) is 1. The van der Waals surface area contributed by atoms with Gasteiger partial charge >= 0.3 is 0 Å². The van der Waals surface area contributed by atoms with Crippen molar-refractivity contribution in [3.63, 3.8) is 0 Å². The van der Waals surface area contributed by atoms with Gasteiger partial charge in [-0.05, 0) is 18.6 Å². The van der Waals surface area contributed by atoms with E-state index in [0.717, 1.165) is 24.5 Å².